The van der Waals surface area contributed by atoms with Gasteiger partial charge in [-0.05, 0) is 24.8 Å². The maximum Gasteiger partial charge on any atom is 0.325 e. The van der Waals surface area contributed by atoms with E-state index in [0.29, 0.717) is 18.3 Å². The van der Waals surface area contributed by atoms with E-state index in [1.807, 2.05) is 17.6 Å². The molecule has 2 aromatic heterocycles. The van der Waals surface area contributed by atoms with Gasteiger partial charge < -0.3 is 10.2 Å². The molecule has 2 aromatic rings. The van der Waals surface area contributed by atoms with Crippen molar-refractivity contribution >= 4 is 23.3 Å². The largest absolute Gasteiger partial charge is 0.354 e. The first kappa shape index (κ1) is 16.5. The number of carbonyl (C=O) groups excluding carboxylic acids is 2. The Bertz CT molecular complexity index is 894. The normalized spacial score (nSPS) is 28.9. The average Bonchev–Trinajstić information content (AvgIpc) is 3.30. The summed E-state index contributed by atoms with van der Waals surface area (Å²) in [6.07, 6.45) is 3.85. The lowest BCUT2D eigenvalue weighted by Crippen LogP contribution is -2.59. The van der Waals surface area contributed by atoms with Crippen molar-refractivity contribution in [1.82, 2.24) is 29.7 Å². The van der Waals surface area contributed by atoms with Crippen LogP contribution in [0.1, 0.15) is 12.1 Å². The van der Waals surface area contributed by atoms with Gasteiger partial charge in [-0.15, -0.1) is 0 Å². The second kappa shape index (κ2) is 5.91. The minimum absolute atomic E-state index is 0.116. The van der Waals surface area contributed by atoms with Crippen molar-refractivity contribution in [2.45, 2.75) is 19.5 Å². The molecule has 0 aliphatic carbocycles. The number of aryl methyl sites for hydroxylation is 1. The van der Waals surface area contributed by atoms with Gasteiger partial charge in [0.2, 0.25) is 5.91 Å². The van der Waals surface area contributed by atoms with Gasteiger partial charge in [0, 0.05) is 45.6 Å². The molecular weight excluding hydrogens is 346 g/mol. The number of rotatable bonds is 2. The molecule has 3 aliphatic heterocycles. The Morgan fingerprint density at radius 3 is 2.59 bits per heavy atom. The summed E-state index contributed by atoms with van der Waals surface area (Å²) in [4.78, 5) is 34.3. The fourth-order valence-electron chi connectivity index (χ4n) is 4.66. The highest BCUT2D eigenvalue weighted by Crippen LogP contribution is 2.35. The van der Waals surface area contributed by atoms with Gasteiger partial charge in [0.15, 0.2) is 5.82 Å². The molecule has 5 rings (SSSR count). The summed E-state index contributed by atoms with van der Waals surface area (Å²) in [6.45, 7) is 5.65. The highest BCUT2D eigenvalue weighted by molar-refractivity contribution is 5.96. The van der Waals surface area contributed by atoms with E-state index in [-0.39, 0.29) is 18.1 Å². The zero-order chi connectivity index (χ0) is 18.7. The quantitative estimate of drug-likeness (QED) is 0.820. The third-order valence-corrected chi connectivity index (χ3v) is 6.08. The van der Waals surface area contributed by atoms with Gasteiger partial charge in [-0.1, -0.05) is 0 Å². The summed E-state index contributed by atoms with van der Waals surface area (Å²) in [5.41, 5.74) is 2.03. The Morgan fingerprint density at radius 2 is 1.89 bits per heavy atom. The van der Waals surface area contributed by atoms with Crippen molar-refractivity contribution in [3.8, 4) is 0 Å². The van der Waals surface area contributed by atoms with Crippen molar-refractivity contribution in [3.63, 3.8) is 0 Å². The molecule has 0 radical (unpaired) electrons. The van der Waals surface area contributed by atoms with Crippen LogP contribution in [0.5, 0.6) is 0 Å². The first-order valence-electron chi connectivity index (χ1n) is 9.36. The van der Waals surface area contributed by atoms with E-state index >= 15 is 0 Å². The molecular formula is C18H23N7O2. The molecule has 142 valence electrons. The van der Waals surface area contributed by atoms with Crippen LogP contribution in [0.4, 0.5) is 10.6 Å². The second-order valence-electron chi connectivity index (χ2n) is 7.87. The van der Waals surface area contributed by atoms with Crippen molar-refractivity contribution < 1.29 is 9.59 Å². The molecule has 3 unspecified atom stereocenters. The number of likely N-dealkylation sites (tertiary alicyclic amines) is 1. The number of hydrogen-bond donors (Lipinski definition) is 1. The van der Waals surface area contributed by atoms with Crippen LogP contribution >= 0.6 is 0 Å². The van der Waals surface area contributed by atoms with Crippen LogP contribution in [0.3, 0.4) is 0 Å². The van der Waals surface area contributed by atoms with Gasteiger partial charge in [-0.25, -0.2) is 14.3 Å². The minimum atomic E-state index is -0.304. The maximum atomic E-state index is 12.0. The second-order valence-corrected chi connectivity index (χ2v) is 7.87. The molecule has 1 N–H and O–H groups in total. The molecule has 3 atom stereocenters. The molecule has 3 saturated heterocycles. The van der Waals surface area contributed by atoms with Crippen LogP contribution < -0.4 is 10.2 Å². The number of amides is 3. The fraction of sp³-hybridized carbons (Fsp3) is 0.556. The molecule has 3 amide bonds. The molecule has 27 heavy (non-hydrogen) atoms. The lowest BCUT2D eigenvalue weighted by Gasteiger charge is -2.35. The number of hydrogen-bond acceptors (Lipinski definition) is 6. The summed E-state index contributed by atoms with van der Waals surface area (Å²) < 4.78 is 1.89. The Labute approximate surface area is 156 Å². The van der Waals surface area contributed by atoms with Gasteiger partial charge in [-0.3, -0.25) is 14.6 Å². The predicted octanol–water partition coefficient (Wildman–Crippen LogP) is 0.304. The van der Waals surface area contributed by atoms with Crippen LogP contribution in [-0.2, 0) is 4.79 Å². The number of anilines is 1. The molecule has 3 aliphatic rings. The third-order valence-electron chi connectivity index (χ3n) is 6.08. The van der Waals surface area contributed by atoms with Gasteiger partial charge in [0.25, 0.3) is 0 Å². The van der Waals surface area contributed by atoms with Crippen LogP contribution in [-0.4, -0.2) is 75.7 Å². The van der Waals surface area contributed by atoms with Crippen LogP contribution in [0, 0.1) is 18.8 Å². The number of aromatic nitrogens is 3. The third kappa shape index (κ3) is 2.64. The van der Waals surface area contributed by atoms with E-state index in [4.69, 9.17) is 0 Å². The van der Waals surface area contributed by atoms with E-state index in [9.17, 15) is 9.59 Å². The van der Waals surface area contributed by atoms with Gasteiger partial charge in [-0.2, -0.15) is 5.10 Å². The smallest absolute Gasteiger partial charge is 0.325 e. The Kier molecular flexibility index (Phi) is 3.61. The number of carbonyl (C=O) groups is 2. The summed E-state index contributed by atoms with van der Waals surface area (Å²) in [5.74, 6) is 1.90. The SMILES string of the molecule is Cc1cc2c(N3CC4CN(C5CC(=O)N(C)C(=O)N5)CC4C3)nccn2n1. The highest BCUT2D eigenvalue weighted by Gasteiger charge is 2.44. The number of imide groups is 1. The first-order valence-corrected chi connectivity index (χ1v) is 9.36. The van der Waals surface area contributed by atoms with Gasteiger partial charge in [0.1, 0.15) is 5.52 Å². The van der Waals surface area contributed by atoms with Gasteiger partial charge >= 0.3 is 6.03 Å². The first-order chi connectivity index (χ1) is 13.0. The molecule has 5 heterocycles. The number of fused-ring (bicyclic) bond motifs is 2. The van der Waals surface area contributed by atoms with Crippen molar-refractivity contribution in [1.29, 1.82) is 0 Å². The Balaban J connectivity index is 1.30. The van der Waals surface area contributed by atoms with E-state index in [1.54, 1.807) is 6.20 Å². The molecule has 0 spiro atoms. The number of nitrogens with one attached hydrogen (secondary N) is 1. The Hall–Kier alpha value is -2.68. The van der Waals surface area contributed by atoms with Crippen LogP contribution in [0.2, 0.25) is 0 Å². The average molecular weight is 369 g/mol. The molecule has 3 fully saturated rings. The van der Waals surface area contributed by atoms with Crippen molar-refractivity contribution in [2.75, 3.05) is 38.1 Å². The lowest BCUT2D eigenvalue weighted by molar-refractivity contribution is -0.130. The fourth-order valence-corrected chi connectivity index (χ4v) is 4.66. The number of urea groups is 1. The van der Waals surface area contributed by atoms with Crippen molar-refractivity contribution in [3.05, 3.63) is 24.2 Å². The molecule has 0 saturated carbocycles. The summed E-state index contributed by atoms with van der Waals surface area (Å²) in [6, 6.07) is 1.77. The van der Waals surface area contributed by atoms with Gasteiger partial charge in [0.05, 0.1) is 18.3 Å². The van der Waals surface area contributed by atoms with Crippen LogP contribution in [0.25, 0.3) is 5.52 Å². The summed E-state index contributed by atoms with van der Waals surface area (Å²) in [5, 5.41) is 7.43. The van der Waals surface area contributed by atoms with E-state index in [0.717, 1.165) is 48.1 Å². The zero-order valence-electron chi connectivity index (χ0n) is 15.5. The number of nitrogens with zero attached hydrogens (tertiary/aromatic N) is 6. The van der Waals surface area contributed by atoms with E-state index in [1.165, 1.54) is 7.05 Å². The highest BCUT2D eigenvalue weighted by atomic mass is 16.2. The summed E-state index contributed by atoms with van der Waals surface area (Å²) in [7, 11) is 1.52. The predicted molar refractivity (Wildman–Crippen MR) is 98.2 cm³/mol. The van der Waals surface area contributed by atoms with Crippen molar-refractivity contribution in [2.24, 2.45) is 11.8 Å². The molecule has 9 heteroatoms. The topological polar surface area (TPSA) is 86.1 Å². The zero-order valence-corrected chi connectivity index (χ0v) is 15.5. The maximum absolute atomic E-state index is 12.0. The lowest BCUT2D eigenvalue weighted by atomic mass is 10.0. The minimum Gasteiger partial charge on any atom is -0.354 e. The summed E-state index contributed by atoms with van der Waals surface area (Å²) >= 11 is 0. The van der Waals surface area contributed by atoms with Crippen LogP contribution in [0.15, 0.2) is 18.5 Å². The molecule has 0 bridgehead atoms. The van der Waals surface area contributed by atoms with E-state index in [2.05, 4.69) is 31.3 Å². The molecule has 0 aromatic carbocycles. The molecule has 9 nitrogen and oxygen atoms in total. The standard InChI is InChI=1S/C18H23N7O2/c1-11-5-14-17(19-3-4-25(14)21-11)24-9-12-7-23(8-13(12)10-24)15-6-16(26)22(2)18(27)20-15/h3-5,12-13,15H,6-10H2,1-2H3,(H,20,27). The monoisotopic (exact) mass is 369 g/mol. The Morgan fingerprint density at radius 1 is 1.15 bits per heavy atom. The van der Waals surface area contributed by atoms with E-state index < -0.39 is 0 Å².